The number of nitrogens with zero attached hydrogens (tertiary/aromatic N) is 4. The lowest BCUT2D eigenvalue weighted by atomic mass is 9.77. The second-order valence-electron chi connectivity index (χ2n) is 17.9. The maximum atomic E-state index is 14.7. The molecule has 2 aliphatic heterocycles. The van der Waals surface area contributed by atoms with E-state index in [0.717, 1.165) is 21.6 Å². The average Bonchev–Trinajstić information content (AvgIpc) is 3.88. The standard InChI is InChI=1S/C56H50N6O8S3/c1-55(2,3)70-45(63)33-68-61-46(44-35-72-54(58-44)60-56(40-23-13-6-14-24-40,41-25-15-7-16-26-41)42-27-17-8-18-28-42)50(64)59-47-51(65)62-48(39(36-73(67)52(47)62)34-71-43-29-31-57-32-30-43)53(66)69-49(37-19-9-4-10-20-37)38-21-11-5-12-22-38/h4-32,35,47,49,52H,33-34,36H2,1-3H3,(H,58,60)(H,59,64)/t47-,52-,73+/m1/s1. The largest absolute Gasteiger partial charge is 0.457 e. The van der Waals surface area contributed by atoms with Gasteiger partial charge in [-0.3, -0.25) is 23.7 Å². The van der Waals surface area contributed by atoms with Crippen LogP contribution in [0.25, 0.3) is 0 Å². The third kappa shape index (κ3) is 11.3. The number of carbonyl (C=O) groups excluding carboxylic acids is 4. The normalized spacial score (nSPS) is 16.8. The van der Waals surface area contributed by atoms with E-state index in [-0.39, 0.29) is 28.6 Å². The van der Waals surface area contributed by atoms with Gasteiger partial charge in [0.1, 0.15) is 33.9 Å². The molecule has 0 aliphatic carbocycles. The van der Waals surface area contributed by atoms with Crippen molar-refractivity contribution in [2.45, 2.75) is 54.3 Å². The Kier molecular flexibility index (Phi) is 15.4. The number of β-lactam (4-membered cyclic amide) rings is 1. The monoisotopic (exact) mass is 1030 g/mol. The first-order valence-corrected chi connectivity index (χ1v) is 26.5. The zero-order chi connectivity index (χ0) is 51.0. The minimum Gasteiger partial charge on any atom is -0.457 e. The summed E-state index contributed by atoms with van der Waals surface area (Å²) < 4.78 is 26.1. The molecule has 14 nitrogen and oxygen atoms in total. The number of nitrogens with one attached hydrogen (secondary N) is 2. The van der Waals surface area contributed by atoms with Crippen molar-refractivity contribution in [2.24, 2.45) is 5.16 Å². The molecule has 7 aromatic rings. The molecule has 9 rings (SSSR count). The number of hydrogen-bond donors (Lipinski definition) is 2. The van der Waals surface area contributed by atoms with Crippen LogP contribution in [0, 0.1) is 0 Å². The molecule has 73 heavy (non-hydrogen) atoms. The number of carbonyl (C=O) groups is 4. The number of pyridine rings is 1. The van der Waals surface area contributed by atoms with Crippen LogP contribution >= 0.6 is 23.1 Å². The summed E-state index contributed by atoms with van der Waals surface area (Å²) in [5.41, 5.74) is 2.45. The third-order valence-electron chi connectivity index (χ3n) is 11.8. The quantitative estimate of drug-likeness (QED) is 0.0209. The van der Waals surface area contributed by atoms with Crippen LogP contribution in [0.3, 0.4) is 0 Å². The van der Waals surface area contributed by atoms with E-state index in [0.29, 0.717) is 21.8 Å². The Morgan fingerprint density at radius 2 is 1.33 bits per heavy atom. The van der Waals surface area contributed by atoms with Crippen LogP contribution in [0.5, 0.6) is 0 Å². The fourth-order valence-corrected chi connectivity index (χ4v) is 12.1. The van der Waals surface area contributed by atoms with E-state index in [1.165, 1.54) is 28.0 Å². The minimum atomic E-state index is -1.80. The number of thiazole rings is 1. The van der Waals surface area contributed by atoms with Crippen LogP contribution in [0.15, 0.2) is 203 Å². The van der Waals surface area contributed by atoms with Gasteiger partial charge >= 0.3 is 11.9 Å². The molecule has 0 spiro atoms. The van der Waals surface area contributed by atoms with Crippen molar-refractivity contribution in [3.05, 3.63) is 226 Å². The predicted molar refractivity (Wildman–Crippen MR) is 282 cm³/mol. The SMILES string of the molecule is CC(C)(C)OC(=O)CON=C(C(=O)N[C@@H]1C(=O)N2C(C(=O)OC(c3ccccc3)c3ccccc3)=C(CSc3ccncc3)C[S@](=O)[C@H]12)c1csc(NC(c2ccccc2)(c2ccccc2)c2ccccc2)n1. The number of fused-ring (bicyclic) bond motifs is 1. The highest BCUT2D eigenvalue weighted by atomic mass is 32.2. The third-order valence-corrected chi connectivity index (χ3v) is 15.3. The van der Waals surface area contributed by atoms with E-state index in [9.17, 15) is 23.4 Å². The van der Waals surface area contributed by atoms with Gasteiger partial charge in [0.15, 0.2) is 16.9 Å². The molecule has 4 heterocycles. The molecule has 2 aromatic heterocycles. The van der Waals surface area contributed by atoms with Gasteiger partial charge in [-0.25, -0.2) is 14.6 Å². The number of oxime groups is 1. The van der Waals surface area contributed by atoms with Gasteiger partial charge in [0.25, 0.3) is 11.8 Å². The molecule has 0 saturated carbocycles. The highest BCUT2D eigenvalue weighted by Crippen LogP contribution is 2.42. The van der Waals surface area contributed by atoms with Gasteiger partial charge in [-0.05, 0) is 66.3 Å². The smallest absolute Gasteiger partial charge is 0.356 e. The minimum absolute atomic E-state index is 0.0398. The Morgan fingerprint density at radius 3 is 1.86 bits per heavy atom. The zero-order valence-electron chi connectivity index (χ0n) is 40.0. The van der Waals surface area contributed by atoms with Crippen molar-refractivity contribution in [1.29, 1.82) is 0 Å². The molecule has 2 N–H and O–H groups in total. The molecule has 370 valence electrons. The van der Waals surface area contributed by atoms with Crippen molar-refractivity contribution in [1.82, 2.24) is 20.2 Å². The van der Waals surface area contributed by atoms with Gasteiger partial charge in [-0.15, -0.1) is 23.1 Å². The summed E-state index contributed by atoms with van der Waals surface area (Å²) in [6.07, 6.45) is 2.45. The van der Waals surface area contributed by atoms with Crippen LogP contribution in [-0.2, 0) is 49.8 Å². The molecule has 17 heteroatoms. The molecule has 2 aliphatic rings. The molecular formula is C56H50N6O8S3. The van der Waals surface area contributed by atoms with Crippen LogP contribution in [0.1, 0.15) is 60.4 Å². The molecular weight excluding hydrogens is 981 g/mol. The fraction of sp³-hybridized carbons (Fsp3) is 0.196. The number of aromatic nitrogens is 2. The maximum Gasteiger partial charge on any atom is 0.356 e. The van der Waals surface area contributed by atoms with Crippen molar-refractivity contribution in [3.8, 4) is 0 Å². The summed E-state index contributed by atoms with van der Waals surface area (Å²) >= 11 is 2.60. The van der Waals surface area contributed by atoms with Gasteiger partial charge < -0.3 is 24.9 Å². The number of esters is 2. The van der Waals surface area contributed by atoms with Gasteiger partial charge in [0, 0.05) is 28.4 Å². The number of anilines is 1. The van der Waals surface area contributed by atoms with Gasteiger partial charge in [-0.1, -0.05) is 157 Å². The van der Waals surface area contributed by atoms with E-state index in [4.69, 9.17) is 19.3 Å². The predicted octanol–water partition coefficient (Wildman–Crippen LogP) is 8.80. The lowest BCUT2D eigenvalue weighted by Gasteiger charge is -2.49. The summed E-state index contributed by atoms with van der Waals surface area (Å²) in [6, 6.07) is 50.5. The highest BCUT2D eigenvalue weighted by molar-refractivity contribution is 7.99. The number of benzene rings is 5. The summed E-state index contributed by atoms with van der Waals surface area (Å²) in [6.45, 7) is 4.48. The Morgan fingerprint density at radius 1 is 0.795 bits per heavy atom. The van der Waals surface area contributed by atoms with E-state index in [2.05, 4.69) is 20.8 Å². The molecule has 2 amide bonds. The Hall–Kier alpha value is -7.73. The lowest BCUT2D eigenvalue weighted by molar-refractivity contribution is -0.160. The van der Waals surface area contributed by atoms with E-state index in [1.807, 2.05) is 164 Å². The number of rotatable bonds is 18. The molecule has 1 saturated heterocycles. The molecule has 3 atom stereocenters. The Bertz CT molecular complexity index is 3020. The van der Waals surface area contributed by atoms with Crippen LogP contribution in [0.4, 0.5) is 5.13 Å². The molecule has 1 fully saturated rings. The number of thioether (sulfide) groups is 1. The fourth-order valence-electron chi connectivity index (χ4n) is 8.62. The van der Waals surface area contributed by atoms with E-state index < -0.39 is 69.8 Å². The van der Waals surface area contributed by atoms with Crippen molar-refractivity contribution in [2.75, 3.05) is 23.4 Å². The molecule has 0 unspecified atom stereocenters. The molecule has 0 bridgehead atoms. The van der Waals surface area contributed by atoms with Gasteiger partial charge in [-0.2, -0.15) is 0 Å². The topological polar surface area (TPSA) is 178 Å². The van der Waals surface area contributed by atoms with Crippen LogP contribution in [-0.4, -0.2) is 83.7 Å². The second kappa shape index (κ2) is 22.4. The summed E-state index contributed by atoms with van der Waals surface area (Å²) in [5.74, 6) is -2.99. The van der Waals surface area contributed by atoms with Gasteiger partial charge in [0.05, 0.1) is 16.6 Å². The summed E-state index contributed by atoms with van der Waals surface area (Å²) in [7, 11) is -1.80. The maximum absolute atomic E-state index is 14.7. The Labute approximate surface area is 433 Å². The van der Waals surface area contributed by atoms with Gasteiger partial charge in [0.2, 0.25) is 6.61 Å². The highest BCUT2D eigenvalue weighted by Gasteiger charge is 2.58. The van der Waals surface area contributed by atoms with Crippen molar-refractivity contribution in [3.63, 3.8) is 0 Å². The first kappa shape index (κ1) is 50.2. The van der Waals surface area contributed by atoms with E-state index in [1.54, 1.807) is 38.5 Å². The van der Waals surface area contributed by atoms with Crippen molar-refractivity contribution < 1.29 is 37.7 Å². The first-order chi connectivity index (χ1) is 35.4. The Balaban J connectivity index is 1.03. The lowest BCUT2D eigenvalue weighted by Crippen LogP contribution is -2.74. The number of amides is 2. The number of hydrogen-bond acceptors (Lipinski definition) is 14. The summed E-state index contributed by atoms with van der Waals surface area (Å²) in [5, 5.41) is 11.4. The average molecular weight is 1030 g/mol. The zero-order valence-corrected chi connectivity index (χ0v) is 42.4. The van der Waals surface area contributed by atoms with Crippen LogP contribution in [0.2, 0.25) is 0 Å². The second-order valence-corrected chi connectivity index (χ2v) is 21.4. The first-order valence-electron chi connectivity index (χ1n) is 23.3. The summed E-state index contributed by atoms with van der Waals surface area (Å²) in [4.78, 5) is 73.2. The van der Waals surface area contributed by atoms with Crippen LogP contribution < -0.4 is 10.6 Å². The molecule has 5 aromatic carbocycles. The number of ether oxygens (including phenoxy) is 2. The van der Waals surface area contributed by atoms with Crippen molar-refractivity contribution >= 4 is 68.5 Å². The van der Waals surface area contributed by atoms with E-state index >= 15 is 0 Å². The molecule has 0 radical (unpaired) electrons.